The minimum Gasteiger partial charge on any atom is -0.382 e. The van der Waals surface area contributed by atoms with Gasteiger partial charge in [0.05, 0.1) is 5.69 Å². The zero-order valence-electron chi connectivity index (χ0n) is 9.79. The second-order valence-corrected chi connectivity index (χ2v) is 4.08. The Hall–Kier alpha value is -1.26. The van der Waals surface area contributed by atoms with Crippen LogP contribution in [0.1, 0.15) is 26.7 Å². The first-order valence-corrected chi connectivity index (χ1v) is 5.54. The highest BCUT2D eigenvalue weighted by Gasteiger charge is 2.18. The second kappa shape index (κ2) is 5.89. The van der Waals surface area contributed by atoms with E-state index in [0.29, 0.717) is 18.5 Å². The second-order valence-electron chi connectivity index (χ2n) is 4.08. The van der Waals surface area contributed by atoms with Gasteiger partial charge in [0.15, 0.2) is 23.3 Å². The van der Waals surface area contributed by atoms with Crippen LogP contribution >= 0.6 is 0 Å². The molecule has 0 aliphatic carbocycles. The average molecular weight is 249 g/mol. The summed E-state index contributed by atoms with van der Waals surface area (Å²) in [6.07, 6.45) is 1.72. The molecule has 0 aliphatic heterocycles. The number of benzene rings is 1. The molecular weight excluding hydrogens is 234 g/mol. The molecule has 1 unspecified atom stereocenters. The van der Waals surface area contributed by atoms with E-state index in [2.05, 4.69) is 5.32 Å². The third-order valence-corrected chi connectivity index (χ3v) is 2.75. The van der Waals surface area contributed by atoms with Gasteiger partial charge in [-0.25, -0.2) is 17.6 Å². The predicted octanol–water partition coefficient (Wildman–Crippen LogP) is 4.09. The number of hydrogen-bond acceptors (Lipinski definition) is 1. The summed E-state index contributed by atoms with van der Waals surface area (Å²) in [6.45, 7) is 4.42. The van der Waals surface area contributed by atoms with Crippen LogP contribution in [0.25, 0.3) is 0 Å². The molecule has 1 nitrogen and oxygen atoms in total. The normalized spacial score (nSPS) is 12.6. The molecule has 0 fully saturated rings. The molecule has 0 aliphatic rings. The summed E-state index contributed by atoms with van der Waals surface area (Å²) in [5.74, 6) is -5.91. The largest absolute Gasteiger partial charge is 0.382 e. The van der Waals surface area contributed by atoms with E-state index in [9.17, 15) is 17.6 Å². The minimum atomic E-state index is -1.78. The molecule has 1 atom stereocenters. The van der Waals surface area contributed by atoms with Gasteiger partial charge in [-0.05, 0) is 12.3 Å². The van der Waals surface area contributed by atoms with Crippen LogP contribution in [0.15, 0.2) is 6.07 Å². The van der Waals surface area contributed by atoms with Gasteiger partial charge in [0.2, 0.25) is 0 Å². The van der Waals surface area contributed by atoms with Crippen LogP contribution in [0.4, 0.5) is 23.2 Å². The van der Waals surface area contributed by atoms with Crippen molar-refractivity contribution in [3.8, 4) is 0 Å². The third kappa shape index (κ3) is 3.35. The quantitative estimate of drug-likeness (QED) is 0.471. The van der Waals surface area contributed by atoms with Crippen molar-refractivity contribution >= 4 is 5.69 Å². The van der Waals surface area contributed by atoms with Gasteiger partial charge in [-0.2, -0.15) is 0 Å². The Balaban J connectivity index is 2.72. The van der Waals surface area contributed by atoms with Crippen molar-refractivity contribution in [2.75, 3.05) is 11.9 Å². The number of rotatable bonds is 5. The summed E-state index contributed by atoms with van der Waals surface area (Å²) in [5, 5.41) is 2.57. The average Bonchev–Trinajstić information content (AvgIpc) is 2.32. The first-order valence-electron chi connectivity index (χ1n) is 5.54. The standard InChI is InChI=1S/C12H15F4N/c1-3-7(2)4-5-17-9-6-8(13)10(14)12(16)11(9)15/h6-7,17H,3-5H2,1-2H3. The van der Waals surface area contributed by atoms with Crippen molar-refractivity contribution in [1.29, 1.82) is 0 Å². The van der Waals surface area contributed by atoms with Crippen LogP contribution < -0.4 is 5.32 Å². The number of anilines is 1. The third-order valence-electron chi connectivity index (χ3n) is 2.75. The first-order chi connectivity index (χ1) is 7.97. The molecule has 96 valence electrons. The monoisotopic (exact) mass is 249 g/mol. The maximum absolute atomic E-state index is 13.2. The highest BCUT2D eigenvalue weighted by molar-refractivity contribution is 5.45. The number of nitrogens with one attached hydrogen (secondary N) is 1. The lowest BCUT2D eigenvalue weighted by Crippen LogP contribution is -2.09. The van der Waals surface area contributed by atoms with Gasteiger partial charge >= 0.3 is 0 Å². The Morgan fingerprint density at radius 3 is 2.35 bits per heavy atom. The predicted molar refractivity (Wildman–Crippen MR) is 58.8 cm³/mol. The Labute approximate surface area is 97.8 Å². The fourth-order valence-electron chi connectivity index (χ4n) is 1.36. The molecule has 0 amide bonds. The Morgan fingerprint density at radius 2 is 1.76 bits per heavy atom. The molecule has 0 heterocycles. The Morgan fingerprint density at radius 1 is 1.12 bits per heavy atom. The van der Waals surface area contributed by atoms with E-state index in [-0.39, 0.29) is 5.69 Å². The number of hydrogen-bond donors (Lipinski definition) is 1. The van der Waals surface area contributed by atoms with Gasteiger partial charge in [0, 0.05) is 12.6 Å². The van der Waals surface area contributed by atoms with E-state index in [1.54, 1.807) is 0 Å². The minimum absolute atomic E-state index is 0.343. The molecule has 0 saturated heterocycles. The maximum atomic E-state index is 13.2. The molecule has 1 aromatic rings. The van der Waals surface area contributed by atoms with Crippen LogP contribution in [-0.2, 0) is 0 Å². The molecule has 17 heavy (non-hydrogen) atoms. The van der Waals surface area contributed by atoms with E-state index in [1.807, 2.05) is 13.8 Å². The fourth-order valence-corrected chi connectivity index (χ4v) is 1.36. The topological polar surface area (TPSA) is 12.0 Å². The molecule has 1 N–H and O–H groups in total. The van der Waals surface area contributed by atoms with E-state index in [0.717, 1.165) is 12.8 Å². The zero-order valence-corrected chi connectivity index (χ0v) is 9.79. The lowest BCUT2D eigenvalue weighted by Gasteiger charge is -2.11. The molecule has 1 aromatic carbocycles. The molecule has 5 heteroatoms. The van der Waals surface area contributed by atoms with Crippen LogP contribution in [0.2, 0.25) is 0 Å². The SMILES string of the molecule is CCC(C)CCNc1cc(F)c(F)c(F)c1F. The Kier molecular flexibility index (Phi) is 4.78. The number of halogens is 4. The summed E-state index contributed by atoms with van der Waals surface area (Å²) >= 11 is 0. The molecule has 0 aromatic heterocycles. The molecule has 0 saturated carbocycles. The van der Waals surface area contributed by atoms with E-state index in [4.69, 9.17) is 0 Å². The van der Waals surface area contributed by atoms with Gasteiger partial charge in [-0.3, -0.25) is 0 Å². The van der Waals surface area contributed by atoms with Crippen LogP contribution in [0.5, 0.6) is 0 Å². The molecule has 1 rings (SSSR count). The Bertz CT molecular complexity index is 393. The lowest BCUT2D eigenvalue weighted by atomic mass is 10.1. The fraction of sp³-hybridized carbons (Fsp3) is 0.500. The molecular formula is C12H15F4N. The molecule has 0 radical (unpaired) electrons. The smallest absolute Gasteiger partial charge is 0.199 e. The van der Waals surface area contributed by atoms with Crippen LogP contribution in [0.3, 0.4) is 0 Å². The van der Waals surface area contributed by atoms with E-state index < -0.39 is 23.3 Å². The van der Waals surface area contributed by atoms with Gasteiger partial charge < -0.3 is 5.32 Å². The van der Waals surface area contributed by atoms with Gasteiger partial charge in [0.1, 0.15) is 0 Å². The van der Waals surface area contributed by atoms with Gasteiger partial charge in [-0.1, -0.05) is 20.3 Å². The van der Waals surface area contributed by atoms with Crippen molar-refractivity contribution in [3.05, 3.63) is 29.3 Å². The summed E-state index contributed by atoms with van der Waals surface area (Å²) in [7, 11) is 0. The van der Waals surface area contributed by atoms with E-state index in [1.165, 1.54) is 0 Å². The highest BCUT2D eigenvalue weighted by Crippen LogP contribution is 2.22. The van der Waals surface area contributed by atoms with Gasteiger partial charge in [-0.15, -0.1) is 0 Å². The van der Waals surface area contributed by atoms with Gasteiger partial charge in [0.25, 0.3) is 0 Å². The van der Waals surface area contributed by atoms with Crippen LogP contribution in [-0.4, -0.2) is 6.54 Å². The maximum Gasteiger partial charge on any atom is 0.199 e. The summed E-state index contributed by atoms with van der Waals surface area (Å²) < 4.78 is 51.6. The highest BCUT2D eigenvalue weighted by atomic mass is 19.2. The van der Waals surface area contributed by atoms with E-state index >= 15 is 0 Å². The lowest BCUT2D eigenvalue weighted by molar-refractivity contribution is 0.410. The van der Waals surface area contributed by atoms with Crippen molar-refractivity contribution in [2.45, 2.75) is 26.7 Å². The zero-order chi connectivity index (χ0) is 13.0. The first kappa shape index (κ1) is 13.8. The molecule has 0 spiro atoms. The summed E-state index contributed by atoms with van der Waals surface area (Å²) in [6, 6.07) is 0.629. The van der Waals surface area contributed by atoms with Crippen molar-refractivity contribution in [2.24, 2.45) is 5.92 Å². The summed E-state index contributed by atoms with van der Waals surface area (Å²) in [5.41, 5.74) is -0.343. The van der Waals surface area contributed by atoms with Crippen LogP contribution in [0, 0.1) is 29.2 Å². The van der Waals surface area contributed by atoms with Crippen molar-refractivity contribution < 1.29 is 17.6 Å². The van der Waals surface area contributed by atoms with Crippen molar-refractivity contribution in [3.63, 3.8) is 0 Å². The van der Waals surface area contributed by atoms with Crippen molar-refractivity contribution in [1.82, 2.24) is 0 Å². The summed E-state index contributed by atoms with van der Waals surface area (Å²) in [4.78, 5) is 0. The molecule has 0 bridgehead atoms.